The van der Waals surface area contributed by atoms with Crippen LogP contribution in [0.3, 0.4) is 0 Å². The third-order valence-electron chi connectivity index (χ3n) is 2.17. The van der Waals surface area contributed by atoms with Crippen LogP contribution in [0.5, 0.6) is 0 Å². The van der Waals surface area contributed by atoms with Crippen molar-refractivity contribution in [1.29, 1.82) is 0 Å². The molecule has 0 aromatic carbocycles. The molecule has 0 radical (unpaired) electrons. The van der Waals surface area contributed by atoms with Gasteiger partial charge in [0.05, 0.1) is 0 Å². The smallest absolute Gasteiger partial charge is 0.244 e. The summed E-state index contributed by atoms with van der Waals surface area (Å²) in [6.45, 7) is 5.80. The van der Waals surface area contributed by atoms with E-state index in [4.69, 9.17) is 0 Å². The number of carbonyl (C=O) groups excluding carboxylic acids is 2. The number of likely N-dealkylation sites (N-methyl/N-ethyl adjacent to an activating group) is 1. The molecule has 4 nitrogen and oxygen atoms in total. The van der Waals surface area contributed by atoms with Gasteiger partial charge in [0.25, 0.3) is 0 Å². The van der Waals surface area contributed by atoms with E-state index in [1.54, 1.807) is 14.1 Å². The van der Waals surface area contributed by atoms with Gasteiger partial charge in [0.15, 0.2) is 0 Å². The summed E-state index contributed by atoms with van der Waals surface area (Å²) in [7, 11) is 3.40. The van der Waals surface area contributed by atoms with Gasteiger partial charge in [0.1, 0.15) is 6.04 Å². The van der Waals surface area contributed by atoms with Gasteiger partial charge in [-0.3, -0.25) is 9.59 Å². The van der Waals surface area contributed by atoms with Crippen LogP contribution in [0.25, 0.3) is 0 Å². The van der Waals surface area contributed by atoms with E-state index in [0.29, 0.717) is 6.42 Å². The van der Waals surface area contributed by atoms with E-state index in [-0.39, 0.29) is 17.7 Å². The van der Waals surface area contributed by atoms with Crippen LogP contribution in [0, 0.1) is 5.92 Å². The van der Waals surface area contributed by atoms with Crippen LogP contribution in [0.15, 0.2) is 0 Å². The fraction of sp³-hybridized carbons (Fsp3) is 0.818. The van der Waals surface area contributed by atoms with Gasteiger partial charge in [-0.15, -0.1) is 0 Å². The molecular weight excluding hydrogens is 192 g/mol. The zero-order valence-electron chi connectivity index (χ0n) is 10.3. The van der Waals surface area contributed by atoms with Crippen molar-refractivity contribution in [2.45, 2.75) is 39.7 Å². The molecule has 0 aliphatic heterocycles. The molecule has 0 saturated heterocycles. The zero-order chi connectivity index (χ0) is 12.0. The second-order valence-corrected chi connectivity index (χ2v) is 4.27. The summed E-state index contributed by atoms with van der Waals surface area (Å²) in [6.07, 6.45) is 1.27. The molecule has 1 N–H and O–H groups in total. The number of amides is 2. The van der Waals surface area contributed by atoms with Crippen molar-refractivity contribution in [3.63, 3.8) is 0 Å². The first-order valence-corrected chi connectivity index (χ1v) is 5.40. The highest BCUT2D eigenvalue weighted by molar-refractivity contribution is 5.87. The van der Waals surface area contributed by atoms with Crippen molar-refractivity contribution >= 4 is 11.8 Å². The van der Waals surface area contributed by atoms with Gasteiger partial charge in [-0.1, -0.05) is 20.8 Å². The molecule has 0 aliphatic rings. The summed E-state index contributed by atoms with van der Waals surface area (Å²) in [4.78, 5) is 24.6. The Morgan fingerprint density at radius 1 is 1.27 bits per heavy atom. The molecule has 2 amide bonds. The van der Waals surface area contributed by atoms with Gasteiger partial charge in [-0.2, -0.15) is 0 Å². The molecule has 0 unspecified atom stereocenters. The lowest BCUT2D eigenvalue weighted by molar-refractivity contribution is -0.135. The van der Waals surface area contributed by atoms with Crippen molar-refractivity contribution < 1.29 is 9.59 Å². The summed E-state index contributed by atoms with van der Waals surface area (Å²) in [5.41, 5.74) is 0. The predicted molar refractivity (Wildman–Crippen MR) is 60.4 cm³/mol. The molecule has 15 heavy (non-hydrogen) atoms. The van der Waals surface area contributed by atoms with E-state index >= 15 is 0 Å². The highest BCUT2D eigenvalue weighted by Crippen LogP contribution is 2.05. The summed E-state index contributed by atoms with van der Waals surface area (Å²) < 4.78 is 0. The summed E-state index contributed by atoms with van der Waals surface area (Å²) >= 11 is 0. The van der Waals surface area contributed by atoms with Crippen molar-refractivity contribution in [2.75, 3.05) is 14.1 Å². The van der Waals surface area contributed by atoms with Crippen LogP contribution in [-0.2, 0) is 9.59 Å². The second kappa shape index (κ2) is 6.43. The van der Waals surface area contributed by atoms with Crippen LogP contribution in [0.1, 0.15) is 33.6 Å². The Kier molecular flexibility index (Phi) is 5.97. The van der Waals surface area contributed by atoms with E-state index in [2.05, 4.69) is 5.32 Å². The fourth-order valence-corrected chi connectivity index (χ4v) is 1.26. The average molecular weight is 214 g/mol. The lowest BCUT2D eigenvalue weighted by Crippen LogP contribution is -2.49. The van der Waals surface area contributed by atoms with Gasteiger partial charge in [-0.25, -0.2) is 0 Å². The molecular formula is C11H22N2O2. The molecule has 0 aromatic rings. The Labute approximate surface area is 92.0 Å². The lowest BCUT2D eigenvalue weighted by Gasteiger charge is -2.24. The molecule has 0 bridgehead atoms. The average Bonchev–Trinajstić information content (AvgIpc) is 2.13. The number of hydrogen-bond acceptors (Lipinski definition) is 2. The lowest BCUT2D eigenvalue weighted by atomic mass is 10.0. The minimum absolute atomic E-state index is 0.0468. The zero-order valence-corrected chi connectivity index (χ0v) is 10.3. The normalized spacial score (nSPS) is 12.4. The first-order chi connectivity index (χ1) is 6.90. The molecule has 0 fully saturated rings. The Bertz CT molecular complexity index is 225. The minimum atomic E-state index is -0.404. The molecule has 1 atom stereocenters. The number of rotatable bonds is 5. The molecule has 88 valence electrons. The van der Waals surface area contributed by atoms with Crippen molar-refractivity contribution in [3.8, 4) is 0 Å². The Morgan fingerprint density at radius 2 is 1.80 bits per heavy atom. The van der Waals surface area contributed by atoms with Gasteiger partial charge in [0, 0.05) is 20.5 Å². The first kappa shape index (κ1) is 13.9. The molecule has 0 rings (SSSR count). The van der Waals surface area contributed by atoms with E-state index in [0.717, 1.165) is 6.42 Å². The van der Waals surface area contributed by atoms with E-state index in [9.17, 15) is 9.59 Å². The molecule has 0 spiro atoms. The van der Waals surface area contributed by atoms with Crippen LogP contribution >= 0.6 is 0 Å². The quantitative estimate of drug-likeness (QED) is 0.742. The van der Waals surface area contributed by atoms with Crippen LogP contribution in [0.4, 0.5) is 0 Å². The van der Waals surface area contributed by atoms with Crippen molar-refractivity contribution in [1.82, 2.24) is 10.2 Å². The minimum Gasteiger partial charge on any atom is -0.347 e. The topological polar surface area (TPSA) is 49.4 Å². The van der Waals surface area contributed by atoms with E-state index < -0.39 is 6.04 Å². The number of nitrogens with one attached hydrogen (secondary N) is 1. The van der Waals surface area contributed by atoms with Crippen molar-refractivity contribution in [2.24, 2.45) is 5.92 Å². The van der Waals surface area contributed by atoms with Crippen LogP contribution in [-0.4, -0.2) is 36.9 Å². The Morgan fingerprint density at radius 3 is 2.13 bits per heavy atom. The molecule has 0 saturated carbocycles. The van der Waals surface area contributed by atoms with E-state index in [1.807, 2.05) is 20.8 Å². The SMILES string of the molecule is CCCC(=O)N[C@H](C(=O)N(C)C)C(C)C. The monoisotopic (exact) mass is 214 g/mol. The largest absolute Gasteiger partial charge is 0.347 e. The molecule has 0 heterocycles. The molecule has 0 aliphatic carbocycles. The van der Waals surface area contributed by atoms with Gasteiger partial charge < -0.3 is 10.2 Å². The third-order valence-corrected chi connectivity index (χ3v) is 2.17. The molecule has 4 heteroatoms. The highest BCUT2D eigenvalue weighted by atomic mass is 16.2. The van der Waals surface area contributed by atoms with Crippen LogP contribution < -0.4 is 5.32 Å². The maximum Gasteiger partial charge on any atom is 0.244 e. The second-order valence-electron chi connectivity index (χ2n) is 4.27. The standard InChI is InChI=1S/C11H22N2O2/c1-6-7-9(14)12-10(8(2)3)11(15)13(4)5/h8,10H,6-7H2,1-5H3,(H,12,14)/t10-/m0/s1. The maximum atomic E-state index is 11.7. The Hall–Kier alpha value is -1.06. The number of hydrogen-bond donors (Lipinski definition) is 1. The third kappa shape index (κ3) is 4.81. The summed E-state index contributed by atoms with van der Waals surface area (Å²) in [6, 6.07) is -0.404. The summed E-state index contributed by atoms with van der Waals surface area (Å²) in [5.74, 6) is 0.0153. The first-order valence-electron chi connectivity index (χ1n) is 5.40. The highest BCUT2D eigenvalue weighted by Gasteiger charge is 2.24. The fourth-order valence-electron chi connectivity index (χ4n) is 1.26. The number of carbonyl (C=O) groups is 2. The van der Waals surface area contributed by atoms with E-state index in [1.165, 1.54) is 4.90 Å². The van der Waals surface area contributed by atoms with Gasteiger partial charge in [0.2, 0.25) is 11.8 Å². The molecule has 0 aromatic heterocycles. The number of nitrogens with zero attached hydrogens (tertiary/aromatic N) is 1. The summed E-state index contributed by atoms with van der Waals surface area (Å²) in [5, 5.41) is 2.77. The maximum absolute atomic E-state index is 11.7. The van der Waals surface area contributed by atoms with Crippen LogP contribution in [0.2, 0.25) is 0 Å². The predicted octanol–water partition coefficient (Wildman–Crippen LogP) is 1.02. The van der Waals surface area contributed by atoms with Gasteiger partial charge in [-0.05, 0) is 12.3 Å². The Balaban J connectivity index is 4.41. The van der Waals surface area contributed by atoms with Crippen molar-refractivity contribution in [3.05, 3.63) is 0 Å². The van der Waals surface area contributed by atoms with Gasteiger partial charge >= 0.3 is 0 Å².